The normalized spacial score (nSPS) is 26.4. The van der Waals surface area contributed by atoms with Gasteiger partial charge in [-0.2, -0.15) is 5.10 Å². The van der Waals surface area contributed by atoms with Gasteiger partial charge in [0.25, 0.3) is 5.92 Å². The third-order valence-corrected chi connectivity index (χ3v) is 13.5. The van der Waals surface area contributed by atoms with E-state index in [-0.39, 0.29) is 29.7 Å². The second-order valence-electron chi connectivity index (χ2n) is 16.7. The standard InChI is InChI=1S/C41H49F2N9O3/c1-24(39(55)49(3)28-5-4-27-18-32(45-31(27)20-28)37-30-21-34-40(2,41(34,42)43)22-33(30)47-48-37)51-16-14-50(15-17-51)23-25-9-12-52(13-10-25)35-19-26(8-11-44-35)29-6-7-36(53)46-38(29)54/h4-5,8,11,18-20,24-25,29,34,45H,6-7,9-10,12-17,21-23H2,1-3H3,(H,47,48)(H,46,53,54)/t24?,29?,34-,40+/m0/s1. The van der Waals surface area contributed by atoms with Crippen LogP contribution in [0.5, 0.6) is 0 Å². The summed E-state index contributed by atoms with van der Waals surface area (Å²) in [5.41, 5.74) is 4.77. The Balaban J connectivity index is 0.762. The van der Waals surface area contributed by atoms with Crippen LogP contribution in [0.25, 0.3) is 22.3 Å². The molecular weight excluding hydrogens is 705 g/mol. The number of benzene rings is 1. The molecule has 0 bridgehead atoms. The lowest BCUT2D eigenvalue weighted by molar-refractivity contribution is -0.134. The van der Waals surface area contributed by atoms with Gasteiger partial charge in [-0.3, -0.25) is 29.7 Å². The Labute approximate surface area is 319 Å². The van der Waals surface area contributed by atoms with Crippen molar-refractivity contribution in [1.82, 2.24) is 35.3 Å². The number of pyridine rings is 1. The number of nitrogens with zero attached hydrogens (tertiary/aromatic N) is 6. The van der Waals surface area contributed by atoms with Gasteiger partial charge in [-0.1, -0.05) is 13.0 Å². The molecule has 3 aromatic heterocycles. The van der Waals surface area contributed by atoms with Gasteiger partial charge in [-0.05, 0) is 74.4 Å². The quantitative estimate of drug-likeness (QED) is 0.220. The average Bonchev–Trinajstić information content (AvgIpc) is 3.57. The second-order valence-corrected chi connectivity index (χ2v) is 16.7. The van der Waals surface area contributed by atoms with Crippen molar-refractivity contribution in [3.8, 4) is 11.4 Å². The zero-order valence-corrected chi connectivity index (χ0v) is 31.7. The number of hydrogen-bond donors (Lipinski definition) is 3. The van der Waals surface area contributed by atoms with Gasteiger partial charge in [0.1, 0.15) is 11.5 Å². The minimum absolute atomic E-state index is 0.0389. The van der Waals surface area contributed by atoms with E-state index in [1.54, 1.807) is 18.0 Å². The number of piperazine rings is 1. The fourth-order valence-corrected chi connectivity index (χ4v) is 9.72. The lowest BCUT2D eigenvalue weighted by Gasteiger charge is -2.41. The fraction of sp³-hybridized carbons (Fsp3) is 0.537. The van der Waals surface area contributed by atoms with E-state index < -0.39 is 17.3 Å². The molecule has 3 N–H and O–H groups in total. The Bertz CT molecular complexity index is 2150. The topological polar surface area (TPSA) is 134 Å². The number of likely N-dealkylation sites (N-methyl/N-ethyl adjacent to an activating group) is 1. The number of H-pyrrole nitrogens is 2. The molecule has 14 heteroatoms. The van der Waals surface area contributed by atoms with Crippen molar-refractivity contribution < 1.29 is 23.2 Å². The molecular formula is C41H49F2N9O3. The molecule has 290 valence electrons. The highest BCUT2D eigenvalue weighted by atomic mass is 19.3. The molecule has 3 saturated heterocycles. The lowest BCUT2D eigenvalue weighted by Crippen LogP contribution is -2.55. The second kappa shape index (κ2) is 13.5. The van der Waals surface area contributed by atoms with Gasteiger partial charge in [0, 0.05) is 111 Å². The molecule has 3 amide bonds. The van der Waals surface area contributed by atoms with Gasteiger partial charge in [0.05, 0.1) is 17.7 Å². The van der Waals surface area contributed by atoms with Gasteiger partial charge < -0.3 is 19.7 Å². The van der Waals surface area contributed by atoms with Crippen molar-refractivity contribution in [2.45, 2.75) is 70.3 Å². The molecule has 4 atom stereocenters. The number of rotatable bonds is 8. The van der Waals surface area contributed by atoms with Crippen molar-refractivity contribution in [3.63, 3.8) is 0 Å². The number of carbonyl (C=O) groups is 3. The lowest BCUT2D eigenvalue weighted by atomic mass is 9.87. The predicted octanol–water partition coefficient (Wildman–Crippen LogP) is 4.73. The molecule has 9 rings (SSSR count). The summed E-state index contributed by atoms with van der Waals surface area (Å²) in [6.07, 6.45) is 5.43. The smallest absolute Gasteiger partial charge is 0.258 e. The van der Waals surface area contributed by atoms with Crippen molar-refractivity contribution in [2.24, 2.45) is 17.3 Å². The van der Waals surface area contributed by atoms with Gasteiger partial charge >= 0.3 is 0 Å². The summed E-state index contributed by atoms with van der Waals surface area (Å²) in [6, 6.07) is 11.5. The number of anilines is 2. The summed E-state index contributed by atoms with van der Waals surface area (Å²) in [4.78, 5) is 54.7. The zero-order chi connectivity index (χ0) is 38.2. The summed E-state index contributed by atoms with van der Waals surface area (Å²) < 4.78 is 29.0. The number of alkyl halides is 2. The average molecular weight is 754 g/mol. The highest BCUT2D eigenvalue weighted by Crippen LogP contribution is 2.70. The number of aromatic nitrogens is 4. The third-order valence-electron chi connectivity index (χ3n) is 13.5. The number of fused-ring (bicyclic) bond motifs is 3. The highest BCUT2D eigenvalue weighted by molar-refractivity contribution is 6.01. The van der Waals surface area contributed by atoms with Crippen LogP contribution in [0.4, 0.5) is 20.3 Å². The SMILES string of the molecule is CC(C(=O)N(C)c1ccc2cc(-c3n[nH]c4c3C[C@@H]3C(F)(F)[C@]3(C)C4)[nH]c2c1)N1CCN(CC2CCN(c3cc(C4CCC(=O)NC4=O)ccn3)CC2)CC1. The summed E-state index contributed by atoms with van der Waals surface area (Å²) in [5.74, 6) is -2.50. The van der Waals surface area contributed by atoms with E-state index in [0.29, 0.717) is 37.3 Å². The number of carbonyl (C=O) groups excluding carboxylic acids is 3. The molecule has 4 aromatic rings. The van der Waals surface area contributed by atoms with Crippen molar-refractivity contribution in [2.75, 3.05) is 62.7 Å². The van der Waals surface area contributed by atoms with Gasteiger partial charge in [-0.15, -0.1) is 0 Å². The fourth-order valence-electron chi connectivity index (χ4n) is 9.72. The molecule has 2 aliphatic carbocycles. The summed E-state index contributed by atoms with van der Waals surface area (Å²) in [6.45, 7) is 10.0. The first-order valence-electron chi connectivity index (χ1n) is 19.8. The third kappa shape index (κ3) is 6.30. The minimum atomic E-state index is -2.64. The van der Waals surface area contributed by atoms with E-state index >= 15 is 0 Å². The van der Waals surface area contributed by atoms with Crippen LogP contribution in [0, 0.1) is 17.3 Å². The van der Waals surface area contributed by atoms with Crippen LogP contribution in [-0.2, 0) is 27.2 Å². The Morgan fingerprint density at radius 1 is 1.04 bits per heavy atom. The largest absolute Gasteiger partial charge is 0.357 e. The van der Waals surface area contributed by atoms with Gasteiger partial charge in [0.15, 0.2) is 0 Å². The molecule has 3 aliphatic heterocycles. The maximum atomic E-state index is 14.5. The van der Waals surface area contributed by atoms with Crippen LogP contribution in [0.1, 0.15) is 62.3 Å². The van der Waals surface area contributed by atoms with E-state index in [4.69, 9.17) is 0 Å². The number of imide groups is 1. The first-order valence-corrected chi connectivity index (χ1v) is 19.8. The molecule has 5 aliphatic rings. The van der Waals surface area contributed by atoms with Crippen LogP contribution in [-0.4, -0.2) is 113 Å². The Hall–Kier alpha value is -4.69. The van der Waals surface area contributed by atoms with E-state index in [2.05, 4.69) is 40.2 Å². The molecule has 1 saturated carbocycles. The van der Waals surface area contributed by atoms with Crippen molar-refractivity contribution in [1.29, 1.82) is 0 Å². The van der Waals surface area contributed by atoms with Gasteiger partial charge in [0.2, 0.25) is 17.7 Å². The Morgan fingerprint density at radius 2 is 1.82 bits per heavy atom. The Morgan fingerprint density at radius 3 is 2.58 bits per heavy atom. The molecule has 4 fully saturated rings. The first-order chi connectivity index (χ1) is 26.4. The molecule has 1 aromatic carbocycles. The summed E-state index contributed by atoms with van der Waals surface area (Å²) in [7, 11) is 1.82. The van der Waals surface area contributed by atoms with Crippen molar-refractivity contribution in [3.05, 3.63) is 59.4 Å². The van der Waals surface area contributed by atoms with Gasteiger partial charge in [-0.25, -0.2) is 13.8 Å². The Kier molecular flexibility index (Phi) is 8.83. The highest BCUT2D eigenvalue weighted by Gasteiger charge is 2.78. The zero-order valence-electron chi connectivity index (χ0n) is 31.7. The van der Waals surface area contributed by atoms with E-state index in [9.17, 15) is 23.2 Å². The number of hydrogen-bond acceptors (Lipinski definition) is 8. The van der Waals surface area contributed by atoms with Crippen LogP contribution in [0.15, 0.2) is 42.6 Å². The molecule has 12 nitrogen and oxygen atoms in total. The predicted molar refractivity (Wildman–Crippen MR) is 205 cm³/mol. The van der Waals surface area contributed by atoms with Crippen LogP contribution in [0.3, 0.4) is 0 Å². The minimum Gasteiger partial charge on any atom is -0.357 e. The molecule has 0 spiro atoms. The van der Waals surface area contributed by atoms with Crippen LogP contribution in [0.2, 0.25) is 0 Å². The van der Waals surface area contributed by atoms with Crippen LogP contribution >= 0.6 is 0 Å². The number of amides is 3. The summed E-state index contributed by atoms with van der Waals surface area (Å²) >= 11 is 0. The maximum absolute atomic E-state index is 14.5. The maximum Gasteiger partial charge on any atom is 0.258 e. The van der Waals surface area contributed by atoms with E-state index in [0.717, 1.165) is 104 Å². The number of halogens is 2. The molecule has 6 heterocycles. The van der Waals surface area contributed by atoms with Crippen LogP contribution < -0.4 is 15.1 Å². The van der Waals surface area contributed by atoms with E-state index in [1.807, 2.05) is 50.4 Å². The molecule has 0 radical (unpaired) electrons. The summed E-state index contributed by atoms with van der Waals surface area (Å²) in [5, 5.41) is 11.0. The van der Waals surface area contributed by atoms with E-state index in [1.165, 1.54) is 0 Å². The monoisotopic (exact) mass is 753 g/mol. The number of piperidine rings is 2. The number of aromatic amines is 2. The molecule has 2 unspecified atom stereocenters. The van der Waals surface area contributed by atoms with Crippen molar-refractivity contribution >= 4 is 40.1 Å². The number of nitrogens with one attached hydrogen (secondary N) is 3. The first kappa shape index (κ1) is 36.0. The molecule has 55 heavy (non-hydrogen) atoms.